The molecule has 0 heterocycles. The summed E-state index contributed by atoms with van der Waals surface area (Å²) in [6, 6.07) is 0. The van der Waals surface area contributed by atoms with Crippen LogP contribution in [-0.2, 0) is 9.59 Å². The molecule has 4 heteroatoms. The molecule has 0 aromatic heterocycles. The van der Waals surface area contributed by atoms with Gasteiger partial charge in [0, 0.05) is 0 Å². The second-order valence-electron chi connectivity index (χ2n) is 8.22. The molecule has 2 aliphatic carbocycles. The van der Waals surface area contributed by atoms with E-state index in [2.05, 4.69) is 9.98 Å². The van der Waals surface area contributed by atoms with Gasteiger partial charge in [-0.1, -0.05) is 44.9 Å². The minimum absolute atomic E-state index is 0.585. The van der Waals surface area contributed by atoms with Crippen molar-refractivity contribution < 1.29 is 9.59 Å². The van der Waals surface area contributed by atoms with Gasteiger partial charge in [0.2, 0.25) is 12.2 Å². The largest absolute Gasteiger partial charge is 0.234 e. The molecular formula is C21H34N2O2. The molecule has 3 atom stereocenters. The fourth-order valence-corrected chi connectivity index (χ4v) is 5.39. The zero-order valence-electron chi connectivity index (χ0n) is 15.7. The number of rotatable bonds is 14. The van der Waals surface area contributed by atoms with E-state index in [1.807, 2.05) is 0 Å². The van der Waals surface area contributed by atoms with E-state index in [9.17, 15) is 9.59 Å². The summed E-state index contributed by atoms with van der Waals surface area (Å²) < 4.78 is 0. The number of unbranched alkanes of at least 4 members (excludes halogenated alkanes) is 7. The predicted octanol–water partition coefficient (Wildman–Crippen LogP) is 5.37. The minimum Gasteiger partial charge on any atom is -0.211 e. The van der Waals surface area contributed by atoms with Gasteiger partial charge in [0.25, 0.3) is 0 Å². The standard InChI is InChI=1S/C21H34N2O2/c24-17-22-13-8-6-4-2-1-3-5-7-11-21-12-9-19(16-21)15-20(21)10-14-23-18-25/h19-20H,1-16H2. The molecule has 2 fully saturated rings. The first-order chi connectivity index (χ1) is 12.3. The summed E-state index contributed by atoms with van der Waals surface area (Å²) in [5.41, 5.74) is 0.585. The molecule has 2 rings (SSSR count). The molecule has 0 aliphatic heterocycles. The van der Waals surface area contributed by atoms with E-state index >= 15 is 0 Å². The van der Waals surface area contributed by atoms with Gasteiger partial charge in [0.1, 0.15) is 0 Å². The third kappa shape index (κ3) is 6.53. The first-order valence-electron chi connectivity index (χ1n) is 10.4. The van der Waals surface area contributed by atoms with Crippen LogP contribution in [0.2, 0.25) is 0 Å². The highest BCUT2D eigenvalue weighted by atomic mass is 16.1. The Hall–Kier alpha value is -1.24. The first kappa shape index (κ1) is 20.1. The van der Waals surface area contributed by atoms with Crippen LogP contribution in [0.5, 0.6) is 0 Å². The van der Waals surface area contributed by atoms with Crippen molar-refractivity contribution in [1.29, 1.82) is 0 Å². The molecule has 0 amide bonds. The summed E-state index contributed by atoms with van der Waals surface area (Å²) >= 11 is 0. The van der Waals surface area contributed by atoms with Crippen molar-refractivity contribution in [2.45, 2.75) is 89.9 Å². The summed E-state index contributed by atoms with van der Waals surface area (Å²) in [5, 5.41) is 0. The number of fused-ring (bicyclic) bond motifs is 2. The topological polar surface area (TPSA) is 58.9 Å². The average molecular weight is 347 g/mol. The molecule has 0 aromatic rings. The fourth-order valence-electron chi connectivity index (χ4n) is 5.39. The van der Waals surface area contributed by atoms with Crippen LogP contribution in [0, 0.1) is 17.3 Å². The zero-order valence-corrected chi connectivity index (χ0v) is 15.7. The van der Waals surface area contributed by atoms with Crippen LogP contribution >= 0.6 is 0 Å². The lowest BCUT2D eigenvalue weighted by molar-refractivity contribution is 0.155. The molecule has 3 unspecified atom stereocenters. The van der Waals surface area contributed by atoms with Gasteiger partial charge in [-0.3, -0.25) is 0 Å². The fraction of sp³-hybridized carbons (Fsp3) is 0.905. The van der Waals surface area contributed by atoms with Crippen LogP contribution in [-0.4, -0.2) is 25.2 Å². The number of hydrogen-bond donors (Lipinski definition) is 0. The van der Waals surface area contributed by atoms with Crippen LogP contribution in [0.1, 0.15) is 89.9 Å². The Labute approximate surface area is 152 Å². The van der Waals surface area contributed by atoms with Crippen LogP contribution in [0.3, 0.4) is 0 Å². The van der Waals surface area contributed by atoms with Crippen molar-refractivity contribution >= 4 is 12.2 Å². The molecule has 2 aliphatic rings. The maximum atomic E-state index is 10.3. The van der Waals surface area contributed by atoms with Gasteiger partial charge in [-0.25, -0.2) is 19.6 Å². The number of isocyanates is 2. The second-order valence-corrected chi connectivity index (χ2v) is 8.22. The second kappa shape index (κ2) is 11.4. The molecule has 0 N–H and O–H groups in total. The summed E-state index contributed by atoms with van der Waals surface area (Å²) in [4.78, 5) is 27.6. The molecule has 2 bridgehead atoms. The Morgan fingerprint density at radius 2 is 1.48 bits per heavy atom. The molecular weight excluding hydrogens is 312 g/mol. The maximum absolute atomic E-state index is 10.3. The van der Waals surface area contributed by atoms with Crippen molar-refractivity contribution in [2.24, 2.45) is 27.2 Å². The number of nitrogens with zero attached hydrogens (tertiary/aromatic N) is 2. The summed E-state index contributed by atoms with van der Waals surface area (Å²) in [7, 11) is 0. The van der Waals surface area contributed by atoms with Crippen molar-refractivity contribution in [3.05, 3.63) is 0 Å². The zero-order chi connectivity index (χ0) is 17.8. The number of carbonyl (C=O) groups excluding carboxylic acids is 2. The van der Waals surface area contributed by atoms with E-state index in [1.165, 1.54) is 77.0 Å². The molecule has 25 heavy (non-hydrogen) atoms. The van der Waals surface area contributed by atoms with Crippen molar-refractivity contribution in [3.63, 3.8) is 0 Å². The highest BCUT2D eigenvalue weighted by Crippen LogP contribution is 2.61. The number of aliphatic imine (C=N–C) groups is 2. The van der Waals surface area contributed by atoms with Gasteiger partial charge in [-0.2, -0.15) is 0 Å². The molecule has 4 nitrogen and oxygen atoms in total. The van der Waals surface area contributed by atoms with Crippen molar-refractivity contribution in [2.75, 3.05) is 13.1 Å². The van der Waals surface area contributed by atoms with Crippen LogP contribution in [0.4, 0.5) is 0 Å². The molecule has 0 saturated heterocycles. The van der Waals surface area contributed by atoms with E-state index in [0.717, 1.165) is 24.7 Å². The SMILES string of the molecule is O=C=NCCCCCCCCCCC12CCC(CC1CCN=C=O)C2. The summed E-state index contributed by atoms with van der Waals surface area (Å²) in [6.07, 6.45) is 21.6. The predicted molar refractivity (Wildman–Crippen MR) is 100 cm³/mol. The lowest BCUT2D eigenvalue weighted by Crippen LogP contribution is -2.26. The van der Waals surface area contributed by atoms with Crippen LogP contribution in [0.15, 0.2) is 9.98 Å². The van der Waals surface area contributed by atoms with E-state index in [1.54, 1.807) is 12.2 Å². The Balaban J connectivity index is 1.53. The molecule has 0 spiro atoms. The summed E-state index contributed by atoms with van der Waals surface area (Å²) in [6.45, 7) is 1.33. The molecule has 0 radical (unpaired) electrons. The quantitative estimate of drug-likeness (QED) is 0.241. The molecule has 2 saturated carbocycles. The summed E-state index contributed by atoms with van der Waals surface area (Å²) in [5.74, 6) is 1.76. The smallest absolute Gasteiger partial charge is 0.211 e. The Bertz CT molecular complexity index is 480. The average Bonchev–Trinajstić information content (AvgIpc) is 3.18. The van der Waals surface area contributed by atoms with Crippen LogP contribution < -0.4 is 0 Å². The van der Waals surface area contributed by atoms with Crippen molar-refractivity contribution in [1.82, 2.24) is 0 Å². The van der Waals surface area contributed by atoms with E-state index < -0.39 is 0 Å². The third-order valence-electron chi connectivity index (χ3n) is 6.64. The van der Waals surface area contributed by atoms with Crippen LogP contribution in [0.25, 0.3) is 0 Å². The lowest BCUT2D eigenvalue weighted by Gasteiger charge is -2.35. The highest BCUT2D eigenvalue weighted by molar-refractivity contribution is 5.32. The lowest BCUT2D eigenvalue weighted by atomic mass is 9.70. The Morgan fingerprint density at radius 1 is 0.840 bits per heavy atom. The first-order valence-corrected chi connectivity index (χ1v) is 10.4. The Morgan fingerprint density at radius 3 is 2.16 bits per heavy atom. The van der Waals surface area contributed by atoms with Gasteiger partial charge in [-0.05, 0) is 62.2 Å². The normalized spacial score (nSPS) is 27.0. The number of hydrogen-bond acceptors (Lipinski definition) is 4. The van der Waals surface area contributed by atoms with E-state index in [-0.39, 0.29) is 0 Å². The Kier molecular flexibility index (Phi) is 9.15. The highest BCUT2D eigenvalue weighted by Gasteiger charge is 2.50. The minimum atomic E-state index is 0.585. The van der Waals surface area contributed by atoms with Gasteiger partial charge in [0.15, 0.2) is 0 Å². The van der Waals surface area contributed by atoms with E-state index in [0.29, 0.717) is 18.5 Å². The monoisotopic (exact) mass is 346 g/mol. The maximum Gasteiger partial charge on any atom is 0.234 e. The molecule has 140 valence electrons. The van der Waals surface area contributed by atoms with Gasteiger partial charge in [0.05, 0.1) is 13.1 Å². The van der Waals surface area contributed by atoms with E-state index in [4.69, 9.17) is 0 Å². The van der Waals surface area contributed by atoms with Crippen molar-refractivity contribution in [3.8, 4) is 0 Å². The third-order valence-corrected chi connectivity index (χ3v) is 6.64. The van der Waals surface area contributed by atoms with Gasteiger partial charge < -0.3 is 0 Å². The van der Waals surface area contributed by atoms with Gasteiger partial charge >= 0.3 is 0 Å². The van der Waals surface area contributed by atoms with Gasteiger partial charge in [-0.15, -0.1) is 0 Å². The molecule has 0 aromatic carbocycles.